The summed E-state index contributed by atoms with van der Waals surface area (Å²) in [6.45, 7) is 0. The first kappa shape index (κ1) is 20.8. The highest BCUT2D eigenvalue weighted by molar-refractivity contribution is 7.89. The molecule has 3 aromatic rings. The standard InChI is InChI=1S/C22H17N3O4S/c23-15-17(22(26)25-18-9-11-21(12-10-18)30(24,27)28)13-16-5-4-8-20(14-16)29-19-6-2-1-3-7-19/h1-14H,(H,25,26)(H2,24,27,28). The smallest absolute Gasteiger partial charge is 0.266 e. The lowest BCUT2D eigenvalue weighted by molar-refractivity contribution is -0.112. The fourth-order valence-corrected chi connectivity index (χ4v) is 3.05. The van der Waals surface area contributed by atoms with Gasteiger partial charge in [0.2, 0.25) is 10.0 Å². The van der Waals surface area contributed by atoms with E-state index in [1.54, 1.807) is 24.3 Å². The van der Waals surface area contributed by atoms with Gasteiger partial charge in [-0.2, -0.15) is 5.26 Å². The lowest BCUT2D eigenvalue weighted by Crippen LogP contribution is -2.14. The Morgan fingerprint density at radius 3 is 2.27 bits per heavy atom. The van der Waals surface area contributed by atoms with E-state index in [-0.39, 0.29) is 10.5 Å². The van der Waals surface area contributed by atoms with E-state index in [2.05, 4.69) is 5.32 Å². The molecule has 0 aliphatic heterocycles. The van der Waals surface area contributed by atoms with Crippen molar-refractivity contribution in [2.24, 2.45) is 5.14 Å². The number of sulfonamides is 1. The van der Waals surface area contributed by atoms with Crippen molar-refractivity contribution in [3.8, 4) is 17.6 Å². The van der Waals surface area contributed by atoms with Crippen LogP contribution in [0.5, 0.6) is 11.5 Å². The largest absolute Gasteiger partial charge is 0.457 e. The maximum Gasteiger partial charge on any atom is 0.266 e. The number of carbonyl (C=O) groups is 1. The molecular weight excluding hydrogens is 402 g/mol. The van der Waals surface area contributed by atoms with Gasteiger partial charge in [-0.3, -0.25) is 4.79 Å². The number of carbonyl (C=O) groups excluding carboxylic acids is 1. The molecule has 0 radical (unpaired) electrons. The van der Waals surface area contributed by atoms with Gasteiger partial charge in [0.15, 0.2) is 0 Å². The van der Waals surface area contributed by atoms with Crippen LogP contribution in [0.4, 0.5) is 5.69 Å². The van der Waals surface area contributed by atoms with Crippen LogP contribution in [0.25, 0.3) is 6.08 Å². The quantitative estimate of drug-likeness (QED) is 0.466. The zero-order chi connectivity index (χ0) is 21.6. The average Bonchev–Trinajstić information content (AvgIpc) is 2.72. The highest BCUT2D eigenvalue weighted by Gasteiger charge is 2.12. The van der Waals surface area contributed by atoms with E-state index in [1.165, 1.54) is 30.3 Å². The number of hydrogen-bond donors (Lipinski definition) is 2. The average molecular weight is 419 g/mol. The van der Waals surface area contributed by atoms with Crippen molar-refractivity contribution in [2.75, 3.05) is 5.32 Å². The Morgan fingerprint density at radius 1 is 0.967 bits per heavy atom. The Morgan fingerprint density at radius 2 is 1.63 bits per heavy atom. The zero-order valence-corrected chi connectivity index (χ0v) is 16.5. The summed E-state index contributed by atoms with van der Waals surface area (Å²) in [5.41, 5.74) is 0.816. The third-order valence-electron chi connectivity index (χ3n) is 3.95. The normalized spacial score (nSPS) is 11.4. The summed E-state index contributed by atoms with van der Waals surface area (Å²) >= 11 is 0. The Balaban J connectivity index is 1.76. The second-order valence-electron chi connectivity index (χ2n) is 6.18. The minimum absolute atomic E-state index is 0.0771. The van der Waals surface area contributed by atoms with Crippen molar-refractivity contribution in [3.05, 3.63) is 90.0 Å². The van der Waals surface area contributed by atoms with Crippen molar-refractivity contribution < 1.29 is 17.9 Å². The molecule has 3 aromatic carbocycles. The van der Waals surface area contributed by atoms with Crippen molar-refractivity contribution >= 4 is 27.7 Å². The molecule has 150 valence electrons. The van der Waals surface area contributed by atoms with Crippen LogP contribution in [0.1, 0.15) is 5.56 Å². The third-order valence-corrected chi connectivity index (χ3v) is 4.88. The van der Waals surface area contributed by atoms with Crippen molar-refractivity contribution in [2.45, 2.75) is 4.90 Å². The van der Waals surface area contributed by atoms with E-state index in [0.717, 1.165) is 0 Å². The number of anilines is 1. The van der Waals surface area contributed by atoms with E-state index < -0.39 is 15.9 Å². The molecule has 3 N–H and O–H groups in total. The monoisotopic (exact) mass is 419 g/mol. The van der Waals surface area contributed by atoms with Gasteiger partial charge in [0.1, 0.15) is 23.1 Å². The maximum atomic E-state index is 12.4. The van der Waals surface area contributed by atoms with Gasteiger partial charge in [-0.15, -0.1) is 0 Å². The van der Waals surface area contributed by atoms with Crippen molar-refractivity contribution in [1.82, 2.24) is 0 Å². The Hall–Kier alpha value is -3.93. The van der Waals surface area contributed by atoms with Gasteiger partial charge >= 0.3 is 0 Å². The summed E-state index contributed by atoms with van der Waals surface area (Å²) in [6.07, 6.45) is 1.44. The maximum absolute atomic E-state index is 12.4. The number of hydrogen-bond acceptors (Lipinski definition) is 5. The lowest BCUT2D eigenvalue weighted by atomic mass is 10.1. The summed E-state index contributed by atoms with van der Waals surface area (Å²) in [6, 6.07) is 23.4. The SMILES string of the molecule is N#CC(=Cc1cccc(Oc2ccccc2)c1)C(=O)Nc1ccc(S(N)(=O)=O)cc1. The van der Waals surface area contributed by atoms with E-state index in [1.807, 2.05) is 36.4 Å². The molecule has 30 heavy (non-hydrogen) atoms. The summed E-state index contributed by atoms with van der Waals surface area (Å²) in [4.78, 5) is 12.4. The van der Waals surface area contributed by atoms with Gasteiger partial charge in [-0.1, -0.05) is 30.3 Å². The minimum Gasteiger partial charge on any atom is -0.457 e. The lowest BCUT2D eigenvalue weighted by Gasteiger charge is -2.07. The number of nitrogens with zero attached hydrogens (tertiary/aromatic N) is 1. The Bertz CT molecular complexity index is 1230. The molecule has 7 nitrogen and oxygen atoms in total. The molecule has 0 saturated carbocycles. The molecule has 0 unspecified atom stereocenters. The van der Waals surface area contributed by atoms with Gasteiger partial charge in [0.05, 0.1) is 4.90 Å². The number of ether oxygens (including phenoxy) is 1. The van der Waals surface area contributed by atoms with Crippen LogP contribution in [0, 0.1) is 11.3 Å². The van der Waals surface area contributed by atoms with Gasteiger partial charge in [-0.05, 0) is 60.2 Å². The number of nitrogens with two attached hydrogens (primary N) is 1. The molecule has 0 heterocycles. The van der Waals surface area contributed by atoms with Crippen LogP contribution in [0.15, 0.2) is 89.3 Å². The Labute approximate surface area is 174 Å². The van der Waals surface area contributed by atoms with Crippen LogP contribution >= 0.6 is 0 Å². The molecule has 3 rings (SSSR count). The summed E-state index contributed by atoms with van der Waals surface area (Å²) in [5.74, 6) is 0.598. The topological polar surface area (TPSA) is 122 Å². The Kier molecular flexibility index (Phi) is 6.27. The van der Waals surface area contributed by atoms with E-state index >= 15 is 0 Å². The second-order valence-corrected chi connectivity index (χ2v) is 7.74. The molecule has 0 spiro atoms. The molecule has 0 fully saturated rings. The number of nitriles is 1. The molecule has 0 aliphatic carbocycles. The van der Waals surface area contributed by atoms with Crippen LogP contribution in [0.2, 0.25) is 0 Å². The van der Waals surface area contributed by atoms with Crippen LogP contribution in [-0.4, -0.2) is 14.3 Å². The van der Waals surface area contributed by atoms with Gasteiger partial charge < -0.3 is 10.1 Å². The predicted octanol–water partition coefficient (Wildman–Crippen LogP) is 3.67. The first-order chi connectivity index (χ1) is 14.3. The molecule has 0 aliphatic rings. The molecular formula is C22H17N3O4S. The van der Waals surface area contributed by atoms with Gasteiger partial charge in [0.25, 0.3) is 5.91 Å². The number of nitrogens with one attached hydrogen (secondary N) is 1. The van der Waals surface area contributed by atoms with E-state index in [9.17, 15) is 18.5 Å². The molecule has 1 amide bonds. The van der Waals surface area contributed by atoms with E-state index in [4.69, 9.17) is 9.88 Å². The zero-order valence-electron chi connectivity index (χ0n) is 15.6. The number of para-hydroxylation sites is 1. The molecule has 8 heteroatoms. The van der Waals surface area contributed by atoms with Crippen molar-refractivity contribution in [3.63, 3.8) is 0 Å². The van der Waals surface area contributed by atoms with Crippen molar-refractivity contribution in [1.29, 1.82) is 5.26 Å². The summed E-state index contributed by atoms with van der Waals surface area (Å²) in [7, 11) is -3.82. The number of rotatable bonds is 6. The van der Waals surface area contributed by atoms with Crippen LogP contribution in [0.3, 0.4) is 0 Å². The summed E-state index contributed by atoms with van der Waals surface area (Å²) in [5, 5.41) is 17.0. The fourth-order valence-electron chi connectivity index (χ4n) is 2.53. The van der Waals surface area contributed by atoms with Gasteiger partial charge in [0, 0.05) is 5.69 Å². The number of amides is 1. The summed E-state index contributed by atoms with van der Waals surface area (Å²) < 4.78 is 28.3. The predicted molar refractivity (Wildman–Crippen MR) is 113 cm³/mol. The number of benzene rings is 3. The highest BCUT2D eigenvalue weighted by Crippen LogP contribution is 2.23. The van der Waals surface area contributed by atoms with E-state index in [0.29, 0.717) is 22.7 Å². The molecule has 0 saturated heterocycles. The molecule has 0 atom stereocenters. The first-order valence-corrected chi connectivity index (χ1v) is 10.3. The molecule has 0 bridgehead atoms. The van der Waals surface area contributed by atoms with Crippen LogP contribution < -0.4 is 15.2 Å². The van der Waals surface area contributed by atoms with Crippen LogP contribution in [-0.2, 0) is 14.8 Å². The third kappa shape index (κ3) is 5.54. The number of primary sulfonamides is 1. The fraction of sp³-hybridized carbons (Fsp3) is 0. The molecule has 0 aromatic heterocycles. The second kappa shape index (κ2) is 9.05. The van der Waals surface area contributed by atoms with Gasteiger partial charge in [-0.25, -0.2) is 13.6 Å². The highest BCUT2D eigenvalue weighted by atomic mass is 32.2. The minimum atomic E-state index is -3.82. The first-order valence-electron chi connectivity index (χ1n) is 8.74.